The second-order valence-electron chi connectivity index (χ2n) is 7.44. The molecule has 2 heterocycles. The summed E-state index contributed by atoms with van der Waals surface area (Å²) in [5.74, 6) is -0.538. The number of aromatic nitrogens is 1. The van der Waals surface area contributed by atoms with Crippen LogP contribution in [-0.4, -0.2) is 28.2 Å². The number of amides is 2. The van der Waals surface area contributed by atoms with Crippen LogP contribution in [-0.2, 0) is 6.42 Å². The Morgan fingerprint density at radius 3 is 2.41 bits per heavy atom. The first-order chi connectivity index (χ1) is 15.7. The van der Waals surface area contributed by atoms with Crippen molar-refractivity contribution in [1.29, 1.82) is 5.26 Å². The van der Waals surface area contributed by atoms with Crippen molar-refractivity contribution >= 4 is 45.6 Å². The summed E-state index contributed by atoms with van der Waals surface area (Å²) in [5, 5.41) is 14.4. The lowest BCUT2D eigenvalue weighted by atomic mass is 10.0. The predicted octanol–water partition coefficient (Wildman–Crippen LogP) is 5.20. The molecule has 5 rings (SSSR count). The molecule has 0 saturated carbocycles. The molecule has 0 N–H and O–H groups in total. The normalized spacial score (nSPS) is 13.5. The molecule has 0 atom stereocenters. The molecule has 0 saturated heterocycles. The summed E-state index contributed by atoms with van der Waals surface area (Å²) in [6.45, 7) is 0.254. The van der Waals surface area contributed by atoms with E-state index in [4.69, 9.17) is 0 Å². The van der Waals surface area contributed by atoms with Gasteiger partial charge < -0.3 is 0 Å². The van der Waals surface area contributed by atoms with Crippen molar-refractivity contribution in [1.82, 2.24) is 9.88 Å². The minimum atomic E-state index is -0.269. The van der Waals surface area contributed by atoms with Gasteiger partial charge in [0, 0.05) is 18.3 Å². The molecule has 4 aromatic rings. The largest absolute Gasteiger partial charge is 0.274 e. The molecule has 0 radical (unpaired) electrons. The van der Waals surface area contributed by atoms with Gasteiger partial charge in [-0.3, -0.25) is 14.5 Å². The Hall–Kier alpha value is -4.08. The highest BCUT2D eigenvalue weighted by molar-refractivity contribution is 7.11. The molecular weight excluding hydrogens is 418 g/mol. The first kappa shape index (κ1) is 19.9. The summed E-state index contributed by atoms with van der Waals surface area (Å²) in [6, 6.07) is 23.2. The van der Waals surface area contributed by atoms with Crippen LogP contribution in [0.15, 0.2) is 72.1 Å². The topological polar surface area (TPSA) is 74.1 Å². The number of thiazole rings is 1. The van der Waals surface area contributed by atoms with E-state index in [1.807, 2.05) is 53.9 Å². The van der Waals surface area contributed by atoms with E-state index in [1.165, 1.54) is 16.2 Å². The van der Waals surface area contributed by atoms with Gasteiger partial charge >= 0.3 is 0 Å². The fraction of sp³-hybridized carbons (Fsp3) is 0.0769. The van der Waals surface area contributed by atoms with Gasteiger partial charge in [-0.05, 0) is 34.5 Å². The van der Waals surface area contributed by atoms with Gasteiger partial charge in [0.2, 0.25) is 0 Å². The van der Waals surface area contributed by atoms with E-state index >= 15 is 0 Å². The number of imide groups is 1. The van der Waals surface area contributed by atoms with Crippen LogP contribution >= 0.6 is 11.3 Å². The highest BCUT2D eigenvalue weighted by Crippen LogP contribution is 2.27. The third kappa shape index (κ3) is 3.49. The Morgan fingerprint density at radius 1 is 0.969 bits per heavy atom. The zero-order chi connectivity index (χ0) is 22.1. The van der Waals surface area contributed by atoms with Crippen molar-refractivity contribution in [3.05, 3.63) is 99.5 Å². The second kappa shape index (κ2) is 8.22. The number of carbonyl (C=O) groups is 2. The minimum Gasteiger partial charge on any atom is -0.274 e. The lowest BCUT2D eigenvalue weighted by Crippen LogP contribution is -2.31. The minimum absolute atomic E-state index is 0.254. The number of benzene rings is 3. The number of allylic oxidation sites excluding steroid dienone is 1. The molecule has 0 unspecified atom stereocenters. The maximum atomic E-state index is 12.5. The van der Waals surface area contributed by atoms with E-state index in [0.29, 0.717) is 28.1 Å². The van der Waals surface area contributed by atoms with Crippen molar-refractivity contribution in [2.75, 3.05) is 6.54 Å². The first-order valence-corrected chi connectivity index (χ1v) is 11.0. The Balaban J connectivity index is 1.35. The number of fused-ring (bicyclic) bond motifs is 2. The molecule has 0 fully saturated rings. The number of hydrogen-bond acceptors (Lipinski definition) is 5. The number of hydrogen-bond donors (Lipinski definition) is 0. The first-order valence-electron chi connectivity index (χ1n) is 10.2. The Morgan fingerprint density at radius 2 is 1.66 bits per heavy atom. The zero-order valence-corrected chi connectivity index (χ0v) is 17.8. The molecule has 3 aromatic carbocycles. The van der Waals surface area contributed by atoms with Gasteiger partial charge in [0.25, 0.3) is 11.8 Å². The SMILES string of the molecule is N#CC(=Cc1cccc2ccccc12)c1nc(CCN2C(=O)c3ccccc3C2=O)cs1. The van der Waals surface area contributed by atoms with E-state index in [0.717, 1.165) is 22.0 Å². The van der Waals surface area contributed by atoms with Gasteiger partial charge in [-0.25, -0.2) is 4.98 Å². The predicted molar refractivity (Wildman–Crippen MR) is 125 cm³/mol. The van der Waals surface area contributed by atoms with Gasteiger partial charge in [0.1, 0.15) is 11.1 Å². The van der Waals surface area contributed by atoms with Crippen molar-refractivity contribution in [2.24, 2.45) is 0 Å². The third-order valence-electron chi connectivity index (χ3n) is 5.50. The number of nitriles is 1. The van der Waals surface area contributed by atoms with Crippen LogP contribution in [0.5, 0.6) is 0 Å². The fourth-order valence-electron chi connectivity index (χ4n) is 3.89. The monoisotopic (exact) mass is 435 g/mol. The van der Waals surface area contributed by atoms with Crippen LogP contribution in [0.1, 0.15) is 37.0 Å². The second-order valence-corrected chi connectivity index (χ2v) is 8.30. The summed E-state index contributed by atoms with van der Waals surface area (Å²) in [4.78, 5) is 30.9. The Kier molecular flexibility index (Phi) is 5.10. The summed E-state index contributed by atoms with van der Waals surface area (Å²) in [7, 11) is 0. The van der Waals surface area contributed by atoms with Crippen LogP contribution in [0.25, 0.3) is 22.4 Å². The lowest BCUT2D eigenvalue weighted by Gasteiger charge is -2.12. The molecule has 1 aromatic heterocycles. The van der Waals surface area contributed by atoms with Crippen LogP contribution in [0.2, 0.25) is 0 Å². The van der Waals surface area contributed by atoms with Crippen LogP contribution in [0.3, 0.4) is 0 Å². The van der Waals surface area contributed by atoms with Crippen molar-refractivity contribution in [2.45, 2.75) is 6.42 Å². The van der Waals surface area contributed by atoms with Crippen molar-refractivity contribution < 1.29 is 9.59 Å². The highest BCUT2D eigenvalue weighted by Gasteiger charge is 2.34. The smallest absolute Gasteiger partial charge is 0.261 e. The Labute approximate surface area is 188 Å². The molecule has 5 nitrogen and oxygen atoms in total. The zero-order valence-electron chi connectivity index (χ0n) is 17.0. The van der Waals surface area contributed by atoms with Gasteiger partial charge in [-0.15, -0.1) is 11.3 Å². The van der Waals surface area contributed by atoms with E-state index in [1.54, 1.807) is 24.3 Å². The molecule has 6 heteroatoms. The maximum Gasteiger partial charge on any atom is 0.261 e. The summed E-state index contributed by atoms with van der Waals surface area (Å²) < 4.78 is 0. The lowest BCUT2D eigenvalue weighted by molar-refractivity contribution is 0.0656. The van der Waals surface area contributed by atoms with Gasteiger partial charge in [-0.2, -0.15) is 5.26 Å². The van der Waals surface area contributed by atoms with Crippen molar-refractivity contribution in [3.8, 4) is 6.07 Å². The maximum absolute atomic E-state index is 12.5. The molecule has 0 spiro atoms. The molecule has 0 bridgehead atoms. The number of carbonyl (C=O) groups excluding carboxylic acids is 2. The third-order valence-corrected chi connectivity index (χ3v) is 6.42. The summed E-state index contributed by atoms with van der Waals surface area (Å²) in [6.07, 6.45) is 2.30. The Bertz CT molecular complexity index is 1400. The van der Waals surface area contributed by atoms with Crippen molar-refractivity contribution in [3.63, 3.8) is 0 Å². The van der Waals surface area contributed by atoms with Crippen LogP contribution < -0.4 is 0 Å². The quantitative estimate of drug-likeness (QED) is 0.319. The van der Waals surface area contributed by atoms with E-state index in [2.05, 4.69) is 11.1 Å². The summed E-state index contributed by atoms with van der Waals surface area (Å²) >= 11 is 1.39. The molecular formula is C26H17N3O2S. The van der Waals surface area contributed by atoms with Gasteiger partial charge in [0.05, 0.1) is 22.4 Å². The fourth-order valence-corrected chi connectivity index (χ4v) is 4.71. The average Bonchev–Trinajstić information content (AvgIpc) is 3.39. The standard InChI is InChI=1S/C26H17N3O2S/c27-15-19(14-18-8-5-7-17-6-1-2-9-21(17)18)24-28-20(16-32-24)12-13-29-25(30)22-10-3-4-11-23(22)26(29)31/h1-11,14,16H,12-13H2. The molecule has 0 aliphatic carbocycles. The van der Waals surface area contributed by atoms with E-state index < -0.39 is 0 Å². The number of rotatable bonds is 5. The average molecular weight is 436 g/mol. The number of nitrogens with zero attached hydrogens (tertiary/aromatic N) is 3. The summed E-state index contributed by atoms with van der Waals surface area (Å²) in [5.41, 5.74) is 3.09. The molecule has 1 aliphatic rings. The van der Waals surface area contributed by atoms with E-state index in [-0.39, 0.29) is 18.4 Å². The molecule has 1 aliphatic heterocycles. The molecule has 2 amide bonds. The van der Waals surface area contributed by atoms with Gasteiger partial charge in [0.15, 0.2) is 0 Å². The van der Waals surface area contributed by atoms with E-state index in [9.17, 15) is 14.9 Å². The molecule has 154 valence electrons. The van der Waals surface area contributed by atoms with Gasteiger partial charge in [-0.1, -0.05) is 54.6 Å². The highest BCUT2D eigenvalue weighted by atomic mass is 32.1. The van der Waals surface area contributed by atoms with Crippen LogP contribution in [0.4, 0.5) is 0 Å². The molecule has 32 heavy (non-hydrogen) atoms. The van der Waals surface area contributed by atoms with Crippen LogP contribution in [0, 0.1) is 11.3 Å².